The lowest BCUT2D eigenvalue weighted by Crippen LogP contribution is -2.13. The standard InChI is InChI=1S/C10H17NO4/c1-3-4-5-14-10(13)6-9(11)7-15-8(2)12/h6H,3-5,7,11H2,1-2H3/b9-6-. The van der Waals surface area contributed by atoms with Crippen molar-refractivity contribution in [3.63, 3.8) is 0 Å². The maximum atomic E-state index is 11.1. The average molecular weight is 215 g/mol. The van der Waals surface area contributed by atoms with Crippen LogP contribution < -0.4 is 5.73 Å². The summed E-state index contributed by atoms with van der Waals surface area (Å²) in [5.41, 5.74) is 5.58. The fourth-order valence-corrected chi connectivity index (χ4v) is 0.737. The zero-order valence-electron chi connectivity index (χ0n) is 9.12. The molecule has 0 heterocycles. The summed E-state index contributed by atoms with van der Waals surface area (Å²) in [5, 5.41) is 0. The minimum absolute atomic E-state index is 0.0851. The molecule has 0 spiro atoms. The van der Waals surface area contributed by atoms with Crippen LogP contribution in [0.15, 0.2) is 11.8 Å². The van der Waals surface area contributed by atoms with Gasteiger partial charge in [0.15, 0.2) is 0 Å². The number of carbonyl (C=O) groups excluding carboxylic acids is 2. The maximum Gasteiger partial charge on any atom is 0.332 e. The molecule has 0 aliphatic heterocycles. The van der Waals surface area contributed by atoms with Gasteiger partial charge in [-0.25, -0.2) is 4.79 Å². The van der Waals surface area contributed by atoms with Crippen LogP contribution >= 0.6 is 0 Å². The van der Waals surface area contributed by atoms with E-state index < -0.39 is 11.9 Å². The van der Waals surface area contributed by atoms with E-state index in [4.69, 9.17) is 10.5 Å². The number of carbonyl (C=O) groups is 2. The highest BCUT2D eigenvalue weighted by molar-refractivity contribution is 5.82. The first-order valence-corrected chi connectivity index (χ1v) is 4.82. The fraction of sp³-hybridized carbons (Fsp3) is 0.600. The van der Waals surface area contributed by atoms with E-state index >= 15 is 0 Å². The SMILES string of the molecule is CCCCOC(=O)/C=C(\N)COC(C)=O. The van der Waals surface area contributed by atoms with Gasteiger partial charge in [-0.05, 0) is 6.42 Å². The molecule has 0 saturated heterocycles. The number of hydrogen-bond acceptors (Lipinski definition) is 5. The van der Waals surface area contributed by atoms with Crippen LogP contribution in [0, 0.1) is 0 Å². The van der Waals surface area contributed by atoms with Crippen molar-refractivity contribution in [3.8, 4) is 0 Å². The molecule has 0 fully saturated rings. The molecule has 15 heavy (non-hydrogen) atoms. The normalized spacial score (nSPS) is 10.9. The summed E-state index contributed by atoms with van der Waals surface area (Å²) in [6.45, 7) is 3.57. The lowest BCUT2D eigenvalue weighted by Gasteiger charge is -2.03. The molecule has 5 nitrogen and oxygen atoms in total. The molecule has 86 valence electrons. The lowest BCUT2D eigenvalue weighted by atomic mass is 10.3. The number of nitrogens with two attached hydrogens (primary N) is 1. The number of esters is 2. The zero-order valence-corrected chi connectivity index (χ0v) is 9.12. The number of hydrogen-bond donors (Lipinski definition) is 1. The van der Waals surface area contributed by atoms with Crippen LogP contribution in [0.1, 0.15) is 26.7 Å². The summed E-state index contributed by atoms with van der Waals surface area (Å²) in [7, 11) is 0. The van der Waals surface area contributed by atoms with Crippen molar-refractivity contribution in [2.45, 2.75) is 26.7 Å². The lowest BCUT2D eigenvalue weighted by molar-refractivity contribution is -0.141. The second-order valence-electron chi connectivity index (χ2n) is 3.02. The third kappa shape index (κ3) is 8.80. The summed E-state index contributed by atoms with van der Waals surface area (Å²) in [4.78, 5) is 21.5. The highest BCUT2D eigenvalue weighted by atomic mass is 16.5. The van der Waals surface area contributed by atoms with E-state index in [1.807, 2.05) is 6.92 Å². The predicted octanol–water partition coefficient (Wildman–Crippen LogP) is 0.735. The van der Waals surface area contributed by atoms with Gasteiger partial charge in [0.05, 0.1) is 12.3 Å². The van der Waals surface area contributed by atoms with Crippen molar-refractivity contribution in [2.75, 3.05) is 13.2 Å². The minimum Gasteiger partial charge on any atom is -0.462 e. The first kappa shape index (κ1) is 13.5. The Labute approximate surface area is 89.2 Å². The zero-order chi connectivity index (χ0) is 11.7. The summed E-state index contributed by atoms with van der Waals surface area (Å²) in [5.74, 6) is -0.946. The Balaban J connectivity index is 3.79. The van der Waals surface area contributed by atoms with Crippen LogP contribution in [0.25, 0.3) is 0 Å². The molecular weight excluding hydrogens is 198 g/mol. The molecule has 5 heteroatoms. The van der Waals surface area contributed by atoms with Gasteiger partial charge in [0.1, 0.15) is 6.61 Å². The summed E-state index contributed by atoms with van der Waals surface area (Å²) < 4.78 is 9.41. The van der Waals surface area contributed by atoms with Gasteiger partial charge in [0.2, 0.25) is 0 Å². The number of unbranched alkanes of at least 4 members (excludes halogenated alkanes) is 1. The Bertz CT molecular complexity index is 248. The molecule has 0 bridgehead atoms. The Hall–Kier alpha value is -1.52. The van der Waals surface area contributed by atoms with Gasteiger partial charge in [-0.3, -0.25) is 4.79 Å². The first-order chi connectivity index (χ1) is 7.06. The van der Waals surface area contributed by atoms with E-state index in [0.29, 0.717) is 6.61 Å². The summed E-state index contributed by atoms with van der Waals surface area (Å²) >= 11 is 0. The molecule has 0 radical (unpaired) electrons. The van der Waals surface area contributed by atoms with Crippen molar-refractivity contribution in [3.05, 3.63) is 11.8 Å². The van der Waals surface area contributed by atoms with Gasteiger partial charge in [0.25, 0.3) is 0 Å². The predicted molar refractivity (Wildman–Crippen MR) is 54.8 cm³/mol. The molecule has 2 N–H and O–H groups in total. The topological polar surface area (TPSA) is 78.6 Å². The van der Waals surface area contributed by atoms with E-state index in [2.05, 4.69) is 4.74 Å². The molecule has 0 rings (SSSR count). The maximum absolute atomic E-state index is 11.1. The minimum atomic E-state index is -0.506. The van der Waals surface area contributed by atoms with Gasteiger partial charge in [-0.15, -0.1) is 0 Å². The quantitative estimate of drug-likeness (QED) is 0.401. The van der Waals surface area contributed by atoms with Gasteiger partial charge in [0, 0.05) is 13.0 Å². The molecule has 0 aromatic rings. The monoisotopic (exact) mass is 215 g/mol. The van der Waals surface area contributed by atoms with E-state index in [-0.39, 0.29) is 12.3 Å². The molecule has 0 amide bonds. The van der Waals surface area contributed by atoms with E-state index in [9.17, 15) is 9.59 Å². The molecule has 0 aliphatic rings. The van der Waals surface area contributed by atoms with Crippen molar-refractivity contribution in [1.29, 1.82) is 0 Å². The van der Waals surface area contributed by atoms with Crippen LogP contribution in [0.3, 0.4) is 0 Å². The molecule has 0 atom stereocenters. The third-order valence-electron chi connectivity index (χ3n) is 1.49. The second-order valence-corrected chi connectivity index (χ2v) is 3.02. The van der Waals surface area contributed by atoms with Crippen LogP contribution in [0.4, 0.5) is 0 Å². The largest absolute Gasteiger partial charge is 0.462 e. The van der Waals surface area contributed by atoms with Crippen LogP contribution in [-0.4, -0.2) is 25.2 Å². The summed E-state index contributed by atoms with van der Waals surface area (Å²) in [6.07, 6.45) is 2.90. The second kappa shape index (κ2) is 7.84. The third-order valence-corrected chi connectivity index (χ3v) is 1.49. The fourth-order valence-electron chi connectivity index (χ4n) is 0.737. The van der Waals surface area contributed by atoms with Crippen molar-refractivity contribution in [1.82, 2.24) is 0 Å². The van der Waals surface area contributed by atoms with E-state index in [1.54, 1.807) is 0 Å². The highest BCUT2D eigenvalue weighted by Crippen LogP contribution is 1.93. The Morgan fingerprint density at radius 1 is 1.33 bits per heavy atom. The van der Waals surface area contributed by atoms with E-state index in [0.717, 1.165) is 18.9 Å². The Kier molecular flexibility index (Phi) is 7.05. The van der Waals surface area contributed by atoms with Gasteiger partial charge in [-0.2, -0.15) is 0 Å². The average Bonchev–Trinajstić information content (AvgIpc) is 2.15. The van der Waals surface area contributed by atoms with Gasteiger partial charge >= 0.3 is 11.9 Å². The van der Waals surface area contributed by atoms with Crippen LogP contribution in [0.2, 0.25) is 0 Å². The Morgan fingerprint density at radius 2 is 2.00 bits per heavy atom. The molecule has 0 aliphatic carbocycles. The van der Waals surface area contributed by atoms with Crippen LogP contribution in [-0.2, 0) is 19.1 Å². The molecule has 0 unspecified atom stereocenters. The van der Waals surface area contributed by atoms with Crippen LogP contribution in [0.5, 0.6) is 0 Å². The van der Waals surface area contributed by atoms with E-state index in [1.165, 1.54) is 6.92 Å². The van der Waals surface area contributed by atoms with Crippen molar-refractivity contribution < 1.29 is 19.1 Å². The number of rotatable bonds is 6. The molecule has 0 aromatic heterocycles. The van der Waals surface area contributed by atoms with Gasteiger partial charge in [-0.1, -0.05) is 13.3 Å². The first-order valence-electron chi connectivity index (χ1n) is 4.82. The Morgan fingerprint density at radius 3 is 2.53 bits per heavy atom. The summed E-state index contributed by atoms with van der Waals surface area (Å²) in [6, 6.07) is 0. The van der Waals surface area contributed by atoms with Crippen molar-refractivity contribution >= 4 is 11.9 Å². The van der Waals surface area contributed by atoms with Gasteiger partial charge < -0.3 is 15.2 Å². The highest BCUT2D eigenvalue weighted by Gasteiger charge is 2.01. The molecular formula is C10H17NO4. The molecule has 0 saturated carbocycles. The smallest absolute Gasteiger partial charge is 0.332 e. The molecule has 0 aromatic carbocycles. The van der Waals surface area contributed by atoms with Crippen molar-refractivity contribution in [2.24, 2.45) is 5.73 Å². The number of ether oxygens (including phenoxy) is 2.